The van der Waals surface area contributed by atoms with Gasteiger partial charge in [-0.05, 0) is 49.0 Å². The average Bonchev–Trinajstić information content (AvgIpc) is 3.14. The van der Waals surface area contributed by atoms with Gasteiger partial charge in [0.15, 0.2) is 0 Å². The van der Waals surface area contributed by atoms with E-state index in [1.165, 1.54) is 19.3 Å². The first-order chi connectivity index (χ1) is 15.4. The van der Waals surface area contributed by atoms with Gasteiger partial charge in [0.05, 0.1) is 6.10 Å². The topological polar surface area (TPSA) is 98.5 Å². The average molecular weight is 457 g/mol. The Morgan fingerprint density at radius 3 is 2.67 bits per heavy atom. The van der Waals surface area contributed by atoms with Crippen LogP contribution < -0.4 is 5.56 Å². The fourth-order valence-corrected chi connectivity index (χ4v) is 7.36. The van der Waals surface area contributed by atoms with Gasteiger partial charge >= 0.3 is 5.97 Å². The van der Waals surface area contributed by atoms with Crippen molar-refractivity contribution in [2.45, 2.75) is 72.0 Å². The van der Waals surface area contributed by atoms with Crippen LogP contribution in [0, 0.1) is 34.0 Å². The van der Waals surface area contributed by atoms with Gasteiger partial charge in [-0.2, -0.15) is 5.10 Å². The lowest BCUT2D eigenvalue weighted by Gasteiger charge is -2.61. The highest BCUT2D eigenvalue weighted by atomic mass is 16.5. The van der Waals surface area contributed by atoms with E-state index < -0.39 is 34.6 Å². The summed E-state index contributed by atoms with van der Waals surface area (Å²) in [5.41, 5.74) is -2.27. The fraction of sp³-hybridized carbons (Fsp3) is 0.692. The van der Waals surface area contributed by atoms with Gasteiger partial charge in [0.1, 0.15) is 17.5 Å². The molecule has 1 N–H and O–H groups in total. The monoisotopic (exact) mass is 456 g/mol. The number of hydrogen-bond acceptors (Lipinski definition) is 6. The molecule has 7 heteroatoms. The van der Waals surface area contributed by atoms with E-state index in [1.54, 1.807) is 6.08 Å². The van der Waals surface area contributed by atoms with E-state index in [9.17, 15) is 19.5 Å². The normalized spacial score (nSPS) is 42.7. The third kappa shape index (κ3) is 3.26. The van der Waals surface area contributed by atoms with Crippen molar-refractivity contribution >= 4 is 11.8 Å². The zero-order valence-electron chi connectivity index (χ0n) is 20.3. The number of aliphatic hydroxyl groups is 1. The van der Waals surface area contributed by atoms with Gasteiger partial charge < -0.3 is 9.84 Å². The zero-order valence-corrected chi connectivity index (χ0v) is 20.3. The number of carbonyl (C=O) groups is 2. The number of aryl methyl sites for hydroxylation is 1. The SMILES string of the molecule is C=C[C@]1(C)C[C@@H](OC(=O)c2ccnn(C)c2=O)[C@@]2(C)C3C(=O)CCC3(CC[C@H]2C)[C@@H](C)[C@@H]1O. The molecule has 3 saturated carbocycles. The zero-order chi connectivity index (χ0) is 24.3. The molecular weight excluding hydrogens is 420 g/mol. The summed E-state index contributed by atoms with van der Waals surface area (Å²) < 4.78 is 7.25. The Bertz CT molecular complexity index is 1050. The molecule has 3 fully saturated rings. The second-order valence-electron chi connectivity index (χ2n) is 11.2. The molecule has 8 atom stereocenters. The summed E-state index contributed by atoms with van der Waals surface area (Å²) in [7, 11) is 1.48. The lowest BCUT2D eigenvalue weighted by Crippen LogP contribution is -2.63. The summed E-state index contributed by atoms with van der Waals surface area (Å²) >= 11 is 0. The predicted molar refractivity (Wildman–Crippen MR) is 123 cm³/mol. The van der Waals surface area contributed by atoms with Crippen LogP contribution in [-0.2, 0) is 16.6 Å². The van der Waals surface area contributed by atoms with E-state index in [0.717, 1.165) is 23.9 Å². The molecular formula is C26H36N2O5. The smallest absolute Gasteiger partial charge is 0.344 e. The number of carbonyl (C=O) groups excluding carboxylic acids is 2. The quantitative estimate of drug-likeness (QED) is 0.554. The Labute approximate surface area is 195 Å². The molecule has 1 aromatic rings. The van der Waals surface area contributed by atoms with Crippen molar-refractivity contribution in [2.75, 3.05) is 0 Å². The molecule has 33 heavy (non-hydrogen) atoms. The Morgan fingerprint density at radius 2 is 2.00 bits per heavy atom. The number of Topliss-reactive ketones (excluding diaryl/α,β-unsaturated/α-hetero) is 1. The lowest BCUT2D eigenvalue weighted by atomic mass is 9.44. The van der Waals surface area contributed by atoms with E-state index in [4.69, 9.17) is 4.74 Å². The first kappa shape index (κ1) is 23.9. The van der Waals surface area contributed by atoms with Gasteiger partial charge in [-0.25, -0.2) is 9.48 Å². The highest BCUT2D eigenvalue weighted by molar-refractivity contribution is 5.89. The second kappa shape index (κ2) is 7.90. The number of ketones is 1. The van der Waals surface area contributed by atoms with Crippen LogP contribution >= 0.6 is 0 Å². The Kier molecular flexibility index (Phi) is 5.71. The summed E-state index contributed by atoms with van der Waals surface area (Å²) in [5.74, 6) is -0.773. The van der Waals surface area contributed by atoms with Crippen LogP contribution in [0.4, 0.5) is 0 Å². The highest BCUT2D eigenvalue weighted by Gasteiger charge is 2.68. The molecule has 3 aliphatic carbocycles. The lowest BCUT2D eigenvalue weighted by molar-refractivity contribution is -0.192. The second-order valence-corrected chi connectivity index (χ2v) is 11.2. The molecule has 7 nitrogen and oxygen atoms in total. The molecule has 0 saturated heterocycles. The van der Waals surface area contributed by atoms with Crippen molar-refractivity contribution in [3.05, 3.63) is 40.8 Å². The maximum Gasteiger partial charge on any atom is 0.344 e. The van der Waals surface area contributed by atoms with Crippen molar-refractivity contribution in [1.82, 2.24) is 9.78 Å². The van der Waals surface area contributed by atoms with Gasteiger partial charge in [0, 0.05) is 36.4 Å². The molecule has 2 unspecified atom stereocenters. The molecule has 0 aromatic carbocycles. The maximum absolute atomic E-state index is 13.4. The molecule has 0 amide bonds. The van der Waals surface area contributed by atoms with Crippen LogP contribution in [0.1, 0.15) is 70.2 Å². The Hall–Kier alpha value is -2.28. The molecule has 2 bridgehead atoms. The minimum absolute atomic E-state index is 0.0835. The summed E-state index contributed by atoms with van der Waals surface area (Å²) in [6.07, 6.45) is 5.11. The largest absolute Gasteiger partial charge is 0.458 e. The standard InChI is InChI=1S/C26H36N2O5/c1-7-24(4)14-19(33-23(32)17-10-13-27-28(6)22(17)31)25(5)15(2)8-11-26(16(3)21(24)30)12-9-18(29)20(25)26/h7,10,13,15-16,19-21,30H,1,8-9,11-12,14H2,2-6H3/t15-,16+,19-,20?,21+,24-,25+,26?/m1/s1. The minimum atomic E-state index is -0.726. The third-order valence-corrected chi connectivity index (χ3v) is 9.78. The van der Waals surface area contributed by atoms with Crippen LogP contribution in [0.15, 0.2) is 29.7 Å². The van der Waals surface area contributed by atoms with Crippen molar-refractivity contribution in [3.8, 4) is 0 Å². The molecule has 0 spiro atoms. The number of esters is 1. The number of ether oxygens (including phenoxy) is 1. The maximum atomic E-state index is 13.4. The Balaban J connectivity index is 1.86. The van der Waals surface area contributed by atoms with Crippen LogP contribution in [0.5, 0.6) is 0 Å². The molecule has 4 rings (SSSR count). The number of aliphatic hydroxyl groups excluding tert-OH is 1. The fourth-order valence-electron chi connectivity index (χ4n) is 7.36. The van der Waals surface area contributed by atoms with Crippen molar-refractivity contribution in [3.63, 3.8) is 0 Å². The van der Waals surface area contributed by atoms with Gasteiger partial charge in [0.2, 0.25) is 0 Å². The van der Waals surface area contributed by atoms with Gasteiger partial charge in [-0.3, -0.25) is 9.59 Å². The van der Waals surface area contributed by atoms with Crippen LogP contribution in [0.2, 0.25) is 0 Å². The van der Waals surface area contributed by atoms with E-state index in [0.29, 0.717) is 12.8 Å². The first-order valence-corrected chi connectivity index (χ1v) is 12.0. The first-order valence-electron chi connectivity index (χ1n) is 12.0. The molecule has 1 heterocycles. The van der Waals surface area contributed by atoms with Gasteiger partial charge in [-0.1, -0.05) is 33.8 Å². The summed E-state index contributed by atoms with van der Waals surface area (Å²) in [6, 6.07) is 1.37. The molecule has 1 aromatic heterocycles. The van der Waals surface area contributed by atoms with E-state index in [1.807, 2.05) is 6.92 Å². The van der Waals surface area contributed by atoms with Crippen LogP contribution in [0.25, 0.3) is 0 Å². The van der Waals surface area contributed by atoms with Gasteiger partial charge in [-0.15, -0.1) is 6.58 Å². The minimum Gasteiger partial charge on any atom is -0.458 e. The van der Waals surface area contributed by atoms with Crippen molar-refractivity contribution < 1.29 is 19.4 Å². The molecule has 0 aliphatic heterocycles. The Morgan fingerprint density at radius 1 is 1.30 bits per heavy atom. The number of nitrogens with zero attached hydrogens (tertiary/aromatic N) is 2. The predicted octanol–water partition coefficient (Wildman–Crippen LogP) is 3.30. The number of rotatable bonds is 3. The number of hydrogen-bond donors (Lipinski definition) is 1. The van der Waals surface area contributed by atoms with E-state index >= 15 is 0 Å². The summed E-state index contributed by atoms with van der Waals surface area (Å²) in [5, 5.41) is 15.4. The van der Waals surface area contributed by atoms with Crippen LogP contribution in [0.3, 0.4) is 0 Å². The molecule has 3 aliphatic rings. The van der Waals surface area contributed by atoms with Crippen molar-refractivity contribution in [1.29, 1.82) is 0 Å². The summed E-state index contributed by atoms with van der Waals surface area (Å²) in [6.45, 7) is 12.2. The number of aromatic nitrogens is 2. The van der Waals surface area contributed by atoms with E-state index in [-0.39, 0.29) is 34.5 Å². The van der Waals surface area contributed by atoms with Crippen LogP contribution in [-0.4, -0.2) is 38.8 Å². The summed E-state index contributed by atoms with van der Waals surface area (Å²) in [4.78, 5) is 39.2. The third-order valence-electron chi connectivity index (χ3n) is 9.78. The molecule has 0 radical (unpaired) electrons. The highest BCUT2D eigenvalue weighted by Crippen LogP contribution is 2.68. The molecule has 180 valence electrons. The van der Waals surface area contributed by atoms with Gasteiger partial charge in [0.25, 0.3) is 5.56 Å². The van der Waals surface area contributed by atoms with Crippen molar-refractivity contribution in [2.24, 2.45) is 41.0 Å². The van der Waals surface area contributed by atoms with E-state index in [2.05, 4.69) is 32.4 Å².